The molecule has 0 amide bonds. The molecule has 0 nitrogen and oxygen atoms in total. The Morgan fingerprint density at radius 1 is 0.618 bits per heavy atom. The molecule has 0 bridgehead atoms. The van der Waals surface area contributed by atoms with E-state index < -0.39 is 0 Å². The molecule has 4 radical (unpaired) electrons. The van der Waals surface area contributed by atoms with Gasteiger partial charge in [-0.25, -0.2) is 0 Å². The molecule has 4 rings (SSSR count). The van der Waals surface area contributed by atoms with Gasteiger partial charge in [-0.2, -0.15) is 12.1 Å². The van der Waals surface area contributed by atoms with Crippen molar-refractivity contribution in [2.24, 2.45) is 0 Å². The van der Waals surface area contributed by atoms with Crippen molar-refractivity contribution >= 4 is 74.5 Å². The van der Waals surface area contributed by atoms with Gasteiger partial charge in [-0.15, -0.1) is 115 Å². The Hall–Kier alpha value is -0.0631. The Labute approximate surface area is 254 Å². The number of aryl methyl sites for hydroxylation is 2. The minimum absolute atomic E-state index is 0. The number of hydrogen-bond acceptors (Lipinski definition) is 0. The maximum Gasteiger partial charge on any atom is 2.00 e. The Balaban J connectivity index is -0.000000430. The molecule has 0 N–H and O–H groups in total. The summed E-state index contributed by atoms with van der Waals surface area (Å²) in [6.07, 6.45) is 6.24. The van der Waals surface area contributed by atoms with Crippen molar-refractivity contribution in [3.05, 3.63) is 83.9 Å². The molecule has 0 saturated carbocycles. The molecule has 34 heavy (non-hydrogen) atoms. The number of hydrogen-bond donors (Lipinski definition) is 0. The first kappa shape index (κ1) is 38.5. The third-order valence-corrected chi connectivity index (χ3v) is 4.71. The maximum atomic E-state index is 2.31. The van der Waals surface area contributed by atoms with Crippen LogP contribution in [0.25, 0.3) is 21.5 Å². The average Bonchev–Trinajstić information content (AvgIpc) is 3.37. The standard InChI is InChI=1S/C13H15.C12H13.2C2H6Si.2BrH.Zr/c1-2-3-6-11-9-12-7-4-5-8-13(12)10-11;1-2-5-10-8-11-6-3-4-7-12(11)9-10;2*1-3-2;;;/h4-5,7-10H,2-3,6H2,1H3;3-4,6-9H,2,5H2,1H3;2*1-2H3;2*1H;/q2*-1;;;;;+2. The van der Waals surface area contributed by atoms with Gasteiger partial charge < -0.3 is 0 Å². The normalized spacial score (nSPS) is 9.00. The number of benzene rings is 2. The summed E-state index contributed by atoms with van der Waals surface area (Å²) in [6, 6.07) is 26.3. The fraction of sp³-hybridized carbons (Fsp3) is 0.379. The van der Waals surface area contributed by atoms with E-state index in [-0.39, 0.29) is 60.2 Å². The SMILES string of the molecule is Br.Br.CCCCc1cc2ccccc2[cH-]1.CCCc1cc2ccccc2[cH-]1.C[Si]C.C[Si]C.[Zr+2]. The molecular formula is C29H42Br2Si2Zr. The maximum absolute atomic E-state index is 2.31. The summed E-state index contributed by atoms with van der Waals surface area (Å²) in [5.74, 6) is 0. The van der Waals surface area contributed by atoms with Crippen LogP contribution in [0.15, 0.2) is 72.8 Å². The number of fused-ring (bicyclic) bond motifs is 2. The van der Waals surface area contributed by atoms with E-state index in [9.17, 15) is 0 Å². The zero-order chi connectivity index (χ0) is 22.9. The fourth-order valence-corrected chi connectivity index (χ4v) is 3.39. The van der Waals surface area contributed by atoms with Crippen LogP contribution < -0.4 is 0 Å². The molecule has 5 heteroatoms. The molecule has 0 atom stereocenters. The van der Waals surface area contributed by atoms with E-state index in [0.717, 1.165) is 19.0 Å². The summed E-state index contributed by atoms with van der Waals surface area (Å²) in [7, 11) is 2.17. The topological polar surface area (TPSA) is 0 Å². The minimum Gasteiger partial charge on any atom is -0.165 e. The summed E-state index contributed by atoms with van der Waals surface area (Å²) < 4.78 is 0. The number of unbranched alkanes of at least 4 members (excludes halogenated alkanes) is 1. The van der Waals surface area contributed by atoms with Crippen molar-refractivity contribution in [3.8, 4) is 0 Å². The first-order valence-corrected chi connectivity index (χ1v) is 15.6. The van der Waals surface area contributed by atoms with E-state index in [1.165, 1.54) is 64.8 Å². The first-order valence-electron chi connectivity index (χ1n) is 11.6. The largest absolute Gasteiger partial charge is 2.00 e. The van der Waals surface area contributed by atoms with Crippen LogP contribution in [0.1, 0.15) is 44.2 Å². The van der Waals surface area contributed by atoms with E-state index in [1.807, 2.05) is 0 Å². The summed E-state index contributed by atoms with van der Waals surface area (Å²) in [5.41, 5.74) is 2.96. The minimum atomic E-state index is 0. The fourth-order valence-electron chi connectivity index (χ4n) is 3.39. The molecule has 0 saturated heterocycles. The van der Waals surface area contributed by atoms with Gasteiger partial charge >= 0.3 is 26.2 Å². The third-order valence-electron chi connectivity index (χ3n) is 4.71. The van der Waals surface area contributed by atoms with Crippen LogP contribution in [0.4, 0.5) is 0 Å². The second kappa shape index (κ2) is 24.6. The molecule has 4 aromatic rings. The van der Waals surface area contributed by atoms with Crippen molar-refractivity contribution in [1.29, 1.82) is 0 Å². The molecule has 0 aliphatic rings. The monoisotopic (exact) mass is 694 g/mol. The summed E-state index contributed by atoms with van der Waals surface area (Å²) in [5, 5.41) is 5.52. The van der Waals surface area contributed by atoms with Crippen LogP contribution in [0.2, 0.25) is 26.2 Å². The molecule has 0 heterocycles. The van der Waals surface area contributed by atoms with Gasteiger partial charge in [-0.1, -0.05) is 71.4 Å². The second-order valence-corrected chi connectivity index (χ2v) is 9.84. The van der Waals surface area contributed by atoms with Gasteiger partial charge in [0.25, 0.3) is 0 Å². The predicted molar refractivity (Wildman–Crippen MR) is 167 cm³/mol. The van der Waals surface area contributed by atoms with Crippen LogP contribution in [0, 0.1) is 0 Å². The van der Waals surface area contributed by atoms with Gasteiger partial charge in [0, 0.05) is 19.0 Å². The van der Waals surface area contributed by atoms with E-state index in [1.54, 1.807) is 0 Å². The second-order valence-electron chi connectivity index (χ2n) is 7.84. The van der Waals surface area contributed by atoms with Crippen LogP contribution in [-0.2, 0) is 39.0 Å². The van der Waals surface area contributed by atoms with Crippen LogP contribution in [-0.4, -0.2) is 19.0 Å². The van der Waals surface area contributed by atoms with Crippen LogP contribution in [0.5, 0.6) is 0 Å². The quantitative estimate of drug-likeness (QED) is 0.144. The molecular weight excluding hydrogens is 656 g/mol. The number of rotatable bonds is 5. The third kappa shape index (κ3) is 15.1. The first-order chi connectivity index (χ1) is 15.1. The summed E-state index contributed by atoms with van der Waals surface area (Å²) >= 11 is 0. The van der Waals surface area contributed by atoms with Gasteiger partial charge in [0.15, 0.2) is 0 Å². The Bertz CT molecular complexity index is 895. The molecule has 0 fully saturated rings. The molecule has 0 spiro atoms. The van der Waals surface area contributed by atoms with Crippen molar-refractivity contribution < 1.29 is 26.2 Å². The molecule has 0 aliphatic heterocycles. The van der Waals surface area contributed by atoms with Crippen LogP contribution >= 0.6 is 34.0 Å². The molecule has 0 unspecified atom stereocenters. The smallest absolute Gasteiger partial charge is 0.165 e. The zero-order valence-corrected chi connectivity index (χ0v) is 29.7. The Morgan fingerprint density at radius 2 is 1.00 bits per heavy atom. The Kier molecular flexibility index (Phi) is 27.9. The van der Waals surface area contributed by atoms with E-state index in [4.69, 9.17) is 0 Å². The van der Waals surface area contributed by atoms with E-state index >= 15 is 0 Å². The summed E-state index contributed by atoms with van der Waals surface area (Å²) in [6.45, 7) is 13.1. The average molecular weight is 698 g/mol. The van der Waals surface area contributed by atoms with Crippen molar-refractivity contribution in [2.75, 3.05) is 0 Å². The molecule has 0 aromatic heterocycles. The van der Waals surface area contributed by atoms with Crippen molar-refractivity contribution in [1.82, 2.24) is 0 Å². The van der Waals surface area contributed by atoms with Gasteiger partial charge in [0.05, 0.1) is 0 Å². The number of halogens is 2. The van der Waals surface area contributed by atoms with Crippen LogP contribution in [0.3, 0.4) is 0 Å². The summed E-state index contributed by atoms with van der Waals surface area (Å²) in [4.78, 5) is 0. The van der Waals surface area contributed by atoms with Gasteiger partial charge in [-0.3, -0.25) is 0 Å². The predicted octanol–water partition coefficient (Wildman–Crippen LogP) is 10.1. The van der Waals surface area contributed by atoms with Crippen molar-refractivity contribution in [2.45, 2.75) is 72.1 Å². The van der Waals surface area contributed by atoms with Gasteiger partial charge in [0.2, 0.25) is 0 Å². The molecule has 184 valence electrons. The zero-order valence-electron chi connectivity index (χ0n) is 21.8. The van der Waals surface area contributed by atoms with Gasteiger partial charge in [-0.05, 0) is 12.8 Å². The molecule has 4 aromatic carbocycles. The van der Waals surface area contributed by atoms with Crippen molar-refractivity contribution in [3.63, 3.8) is 0 Å². The van der Waals surface area contributed by atoms with E-state index in [2.05, 4.69) is 113 Å². The van der Waals surface area contributed by atoms with Gasteiger partial charge in [0.1, 0.15) is 0 Å². The van der Waals surface area contributed by atoms with E-state index in [0.29, 0.717) is 0 Å². The Morgan fingerprint density at radius 3 is 1.35 bits per heavy atom. The molecule has 0 aliphatic carbocycles.